The molecule has 3 amide bonds. The summed E-state index contributed by atoms with van der Waals surface area (Å²) in [7, 11) is 0. The van der Waals surface area contributed by atoms with Gasteiger partial charge < -0.3 is 25.4 Å². The number of halogens is 2. The standard InChI is InChI=1S/C27H25ClFN3O5/c28-23-12-17(6-11-24(23)31-27(36)30-20-4-2-1-3-5-20)13-25(33)32-15-19(29)14-21(32)16-37-22-9-7-18(8-10-22)26(34)35/h1-12,19,21H,13-16H2,(H,34,35)(H2,30,31,36). The Labute approximate surface area is 218 Å². The summed E-state index contributed by atoms with van der Waals surface area (Å²) >= 11 is 6.34. The number of benzene rings is 3. The van der Waals surface area contributed by atoms with Crippen LogP contribution in [-0.4, -0.2) is 53.3 Å². The number of anilines is 2. The molecule has 0 aromatic heterocycles. The molecule has 3 aromatic rings. The molecule has 192 valence electrons. The zero-order chi connectivity index (χ0) is 26.4. The van der Waals surface area contributed by atoms with Gasteiger partial charge >= 0.3 is 12.0 Å². The van der Waals surface area contributed by atoms with Crippen LogP contribution >= 0.6 is 11.6 Å². The fourth-order valence-electron chi connectivity index (χ4n) is 4.06. The molecule has 1 aliphatic rings. The summed E-state index contributed by atoms with van der Waals surface area (Å²) in [5.74, 6) is -0.877. The highest BCUT2D eigenvalue weighted by Crippen LogP contribution is 2.26. The Morgan fingerprint density at radius 1 is 1.03 bits per heavy atom. The SMILES string of the molecule is O=C(Nc1ccccc1)Nc1ccc(CC(=O)N2CC(F)CC2COc2ccc(C(=O)O)cc2)cc1Cl. The van der Waals surface area contributed by atoms with Gasteiger partial charge in [-0.15, -0.1) is 0 Å². The van der Waals surface area contributed by atoms with Gasteiger partial charge in [0, 0.05) is 12.1 Å². The molecular weight excluding hydrogens is 501 g/mol. The normalized spacial score (nSPS) is 16.8. The Morgan fingerprint density at radius 2 is 1.76 bits per heavy atom. The van der Waals surface area contributed by atoms with E-state index < -0.39 is 24.2 Å². The number of carboxylic acids is 1. The van der Waals surface area contributed by atoms with Crippen molar-refractivity contribution in [1.82, 2.24) is 4.90 Å². The number of alkyl halides is 1. The van der Waals surface area contributed by atoms with Gasteiger partial charge in [0.1, 0.15) is 18.5 Å². The van der Waals surface area contributed by atoms with Crippen LogP contribution < -0.4 is 15.4 Å². The largest absolute Gasteiger partial charge is 0.491 e. The van der Waals surface area contributed by atoms with Gasteiger partial charge in [0.2, 0.25) is 5.91 Å². The lowest BCUT2D eigenvalue weighted by Crippen LogP contribution is -2.40. The number of ether oxygens (including phenoxy) is 1. The lowest BCUT2D eigenvalue weighted by Gasteiger charge is -2.24. The van der Waals surface area contributed by atoms with E-state index in [0.29, 0.717) is 22.7 Å². The number of nitrogens with one attached hydrogen (secondary N) is 2. The van der Waals surface area contributed by atoms with E-state index in [1.807, 2.05) is 6.07 Å². The molecule has 4 rings (SSSR count). The van der Waals surface area contributed by atoms with Crippen molar-refractivity contribution in [1.29, 1.82) is 0 Å². The van der Waals surface area contributed by atoms with E-state index in [0.717, 1.165) is 0 Å². The molecule has 1 fully saturated rings. The van der Waals surface area contributed by atoms with E-state index >= 15 is 0 Å². The smallest absolute Gasteiger partial charge is 0.335 e. The molecule has 1 saturated heterocycles. The Kier molecular flexibility index (Phi) is 8.25. The second kappa shape index (κ2) is 11.7. The van der Waals surface area contributed by atoms with Crippen molar-refractivity contribution in [2.45, 2.75) is 25.1 Å². The monoisotopic (exact) mass is 525 g/mol. The maximum Gasteiger partial charge on any atom is 0.335 e. The minimum atomic E-state index is -1.16. The number of carbonyl (C=O) groups excluding carboxylic acids is 2. The summed E-state index contributed by atoms with van der Waals surface area (Å²) in [4.78, 5) is 37.7. The first-order chi connectivity index (χ1) is 17.8. The van der Waals surface area contributed by atoms with Crippen LogP contribution in [-0.2, 0) is 11.2 Å². The molecule has 0 saturated carbocycles. The summed E-state index contributed by atoms with van der Waals surface area (Å²) in [6.45, 7) is 0.0521. The molecule has 2 unspecified atom stereocenters. The first-order valence-electron chi connectivity index (χ1n) is 11.6. The number of aromatic carboxylic acids is 1. The molecule has 1 heterocycles. The van der Waals surface area contributed by atoms with Crippen LogP contribution in [0.1, 0.15) is 22.3 Å². The van der Waals surface area contributed by atoms with Crippen molar-refractivity contribution in [3.05, 3.63) is 88.9 Å². The first-order valence-corrected chi connectivity index (χ1v) is 12.0. The predicted molar refractivity (Wildman–Crippen MR) is 138 cm³/mol. The number of hydrogen-bond acceptors (Lipinski definition) is 4. The van der Waals surface area contributed by atoms with Gasteiger partial charge in [-0.1, -0.05) is 35.9 Å². The van der Waals surface area contributed by atoms with Gasteiger partial charge in [-0.3, -0.25) is 4.79 Å². The van der Waals surface area contributed by atoms with Crippen molar-refractivity contribution >= 4 is 40.9 Å². The highest BCUT2D eigenvalue weighted by atomic mass is 35.5. The fraction of sp³-hybridized carbons (Fsp3) is 0.222. The molecule has 3 aromatic carbocycles. The minimum absolute atomic E-state index is 0.00669. The van der Waals surface area contributed by atoms with Gasteiger partial charge in [0.15, 0.2) is 0 Å². The number of rotatable bonds is 8. The third-order valence-corrected chi connectivity index (χ3v) is 6.21. The Hall–Kier alpha value is -4.11. The zero-order valence-electron chi connectivity index (χ0n) is 19.7. The van der Waals surface area contributed by atoms with E-state index in [2.05, 4.69) is 10.6 Å². The average molecular weight is 526 g/mol. The predicted octanol–water partition coefficient (Wildman–Crippen LogP) is 5.24. The van der Waals surface area contributed by atoms with Crippen molar-refractivity contribution < 1.29 is 28.6 Å². The van der Waals surface area contributed by atoms with Crippen LogP contribution in [0, 0.1) is 0 Å². The Balaban J connectivity index is 1.33. The van der Waals surface area contributed by atoms with Crippen LogP contribution in [0.3, 0.4) is 0 Å². The molecule has 0 radical (unpaired) electrons. The van der Waals surface area contributed by atoms with Gasteiger partial charge in [-0.2, -0.15) is 0 Å². The quantitative estimate of drug-likeness (QED) is 0.372. The van der Waals surface area contributed by atoms with Crippen LogP contribution in [0.5, 0.6) is 5.75 Å². The van der Waals surface area contributed by atoms with Gasteiger partial charge in [-0.25, -0.2) is 14.0 Å². The maximum atomic E-state index is 14.2. The number of carbonyl (C=O) groups is 3. The average Bonchev–Trinajstić information content (AvgIpc) is 3.26. The van der Waals surface area contributed by atoms with Crippen LogP contribution in [0.15, 0.2) is 72.8 Å². The van der Waals surface area contributed by atoms with Gasteiger partial charge in [0.25, 0.3) is 0 Å². The van der Waals surface area contributed by atoms with Gasteiger partial charge in [-0.05, 0) is 54.1 Å². The summed E-state index contributed by atoms with van der Waals surface area (Å²) in [6, 6.07) is 18.8. The van der Waals surface area contributed by atoms with E-state index in [1.165, 1.54) is 29.2 Å². The van der Waals surface area contributed by atoms with E-state index in [4.69, 9.17) is 21.4 Å². The minimum Gasteiger partial charge on any atom is -0.491 e. The number of amides is 3. The molecule has 3 N–H and O–H groups in total. The molecule has 2 atom stereocenters. The van der Waals surface area contributed by atoms with Crippen LogP contribution in [0.25, 0.3) is 0 Å². The number of carboxylic acid groups (broad SMARTS) is 1. The van der Waals surface area contributed by atoms with Crippen molar-refractivity contribution in [3.8, 4) is 5.75 Å². The lowest BCUT2D eigenvalue weighted by molar-refractivity contribution is -0.132. The molecule has 37 heavy (non-hydrogen) atoms. The zero-order valence-corrected chi connectivity index (χ0v) is 20.5. The first kappa shape index (κ1) is 26.0. The summed E-state index contributed by atoms with van der Waals surface area (Å²) in [6.07, 6.45) is -1.00. The van der Waals surface area contributed by atoms with E-state index in [-0.39, 0.29) is 42.5 Å². The molecule has 8 nitrogen and oxygen atoms in total. The third kappa shape index (κ3) is 6.98. The topological polar surface area (TPSA) is 108 Å². The molecule has 0 aliphatic carbocycles. The second-order valence-corrected chi connectivity index (χ2v) is 9.02. The van der Waals surface area contributed by atoms with E-state index in [9.17, 15) is 18.8 Å². The third-order valence-electron chi connectivity index (χ3n) is 5.90. The number of hydrogen-bond donors (Lipinski definition) is 3. The lowest BCUT2D eigenvalue weighted by atomic mass is 10.1. The maximum absolute atomic E-state index is 14.2. The molecule has 10 heteroatoms. The van der Waals surface area contributed by atoms with Crippen LogP contribution in [0.2, 0.25) is 5.02 Å². The highest BCUT2D eigenvalue weighted by Gasteiger charge is 2.35. The van der Waals surface area contributed by atoms with Crippen LogP contribution in [0.4, 0.5) is 20.6 Å². The Morgan fingerprint density at radius 3 is 2.43 bits per heavy atom. The number of nitrogens with zero attached hydrogens (tertiary/aromatic N) is 1. The molecule has 1 aliphatic heterocycles. The summed E-state index contributed by atoms with van der Waals surface area (Å²) in [5, 5.41) is 14.6. The molecule has 0 bridgehead atoms. The van der Waals surface area contributed by atoms with Crippen molar-refractivity contribution in [2.75, 3.05) is 23.8 Å². The van der Waals surface area contributed by atoms with Gasteiger partial charge in [0.05, 0.1) is 35.3 Å². The van der Waals surface area contributed by atoms with E-state index in [1.54, 1.807) is 42.5 Å². The highest BCUT2D eigenvalue weighted by molar-refractivity contribution is 6.33. The number of likely N-dealkylation sites (tertiary alicyclic amines) is 1. The molecule has 0 spiro atoms. The number of para-hydroxylation sites is 1. The van der Waals surface area contributed by atoms with Crippen molar-refractivity contribution in [3.63, 3.8) is 0 Å². The number of urea groups is 1. The summed E-state index contributed by atoms with van der Waals surface area (Å²) in [5.41, 5.74) is 1.77. The second-order valence-electron chi connectivity index (χ2n) is 8.61. The fourth-order valence-corrected chi connectivity index (χ4v) is 4.31. The molecular formula is C27H25ClFN3O5. The summed E-state index contributed by atoms with van der Waals surface area (Å²) < 4.78 is 19.9. The Bertz CT molecular complexity index is 1270. The van der Waals surface area contributed by atoms with Crippen molar-refractivity contribution in [2.24, 2.45) is 0 Å².